The summed E-state index contributed by atoms with van der Waals surface area (Å²) in [5.41, 5.74) is 2.12. The third kappa shape index (κ3) is 5.65. The smallest absolute Gasteiger partial charge is 0.191 e. The van der Waals surface area contributed by atoms with Gasteiger partial charge in [0.15, 0.2) is 5.96 Å². The molecule has 1 aliphatic heterocycles. The number of pyridine rings is 1. The first-order chi connectivity index (χ1) is 13.1. The Balaban J connectivity index is 1.53. The molecule has 1 aromatic carbocycles. The number of aromatic nitrogens is 1. The number of benzene rings is 1. The topological polar surface area (TPSA) is 61.8 Å². The zero-order valence-corrected chi connectivity index (χ0v) is 15.8. The highest BCUT2D eigenvalue weighted by atomic mass is 19.1. The van der Waals surface area contributed by atoms with Gasteiger partial charge in [0, 0.05) is 39.4 Å². The van der Waals surface area contributed by atoms with Gasteiger partial charge in [-0.2, -0.15) is 0 Å². The Bertz CT molecular complexity index is 765. The molecule has 1 atom stereocenters. The molecule has 0 saturated carbocycles. The number of anilines is 1. The number of hydrogen-bond acceptors (Lipinski definition) is 4. The lowest BCUT2D eigenvalue weighted by molar-refractivity contribution is 0.0529. The van der Waals surface area contributed by atoms with Crippen molar-refractivity contribution >= 4 is 11.8 Å². The van der Waals surface area contributed by atoms with Crippen LogP contribution in [0.15, 0.2) is 47.6 Å². The Hall–Kier alpha value is -2.67. The Morgan fingerprint density at radius 1 is 1.22 bits per heavy atom. The van der Waals surface area contributed by atoms with Gasteiger partial charge in [0.2, 0.25) is 0 Å². The van der Waals surface area contributed by atoms with Crippen molar-refractivity contribution in [2.24, 2.45) is 4.99 Å². The normalized spacial score (nSPS) is 17.7. The second-order valence-corrected chi connectivity index (χ2v) is 6.56. The Morgan fingerprint density at radius 2 is 1.96 bits per heavy atom. The summed E-state index contributed by atoms with van der Waals surface area (Å²) >= 11 is 0. The van der Waals surface area contributed by atoms with Crippen LogP contribution >= 0.6 is 0 Å². The maximum absolute atomic E-state index is 13.0. The summed E-state index contributed by atoms with van der Waals surface area (Å²) in [6.45, 7) is 5.73. The van der Waals surface area contributed by atoms with E-state index in [2.05, 4.69) is 38.5 Å². The first-order valence-electron chi connectivity index (χ1n) is 9.14. The molecule has 27 heavy (non-hydrogen) atoms. The van der Waals surface area contributed by atoms with E-state index in [1.807, 2.05) is 12.3 Å². The van der Waals surface area contributed by atoms with Crippen LogP contribution in [0.25, 0.3) is 0 Å². The number of hydrogen-bond donors (Lipinski definition) is 2. The lowest BCUT2D eigenvalue weighted by Gasteiger charge is -2.32. The van der Waals surface area contributed by atoms with Gasteiger partial charge in [-0.3, -0.25) is 4.99 Å². The average molecular weight is 371 g/mol. The zero-order chi connectivity index (χ0) is 19.1. The molecule has 2 aromatic rings. The third-order valence-corrected chi connectivity index (χ3v) is 4.43. The van der Waals surface area contributed by atoms with Gasteiger partial charge in [-0.1, -0.05) is 12.1 Å². The number of guanidine groups is 1. The molecule has 1 aromatic heterocycles. The Morgan fingerprint density at radius 3 is 2.67 bits per heavy atom. The van der Waals surface area contributed by atoms with E-state index in [1.165, 1.54) is 12.1 Å². The second-order valence-electron chi connectivity index (χ2n) is 6.56. The number of ether oxygens (including phenoxy) is 1. The molecule has 7 heteroatoms. The van der Waals surface area contributed by atoms with Crippen molar-refractivity contribution < 1.29 is 9.13 Å². The molecular formula is C20H26FN5O. The summed E-state index contributed by atoms with van der Waals surface area (Å²) in [4.78, 5) is 11.0. The fraction of sp³-hybridized carbons (Fsp3) is 0.400. The maximum Gasteiger partial charge on any atom is 0.191 e. The van der Waals surface area contributed by atoms with Crippen molar-refractivity contribution in [1.82, 2.24) is 15.6 Å². The third-order valence-electron chi connectivity index (χ3n) is 4.43. The minimum Gasteiger partial charge on any atom is -0.375 e. The summed E-state index contributed by atoms with van der Waals surface area (Å²) in [7, 11) is 1.73. The van der Waals surface area contributed by atoms with Crippen LogP contribution in [-0.4, -0.2) is 43.8 Å². The molecule has 1 aliphatic rings. The highest BCUT2D eigenvalue weighted by Crippen LogP contribution is 2.16. The predicted molar refractivity (Wildman–Crippen MR) is 105 cm³/mol. The molecule has 1 unspecified atom stereocenters. The molecule has 0 radical (unpaired) electrons. The van der Waals surface area contributed by atoms with Gasteiger partial charge in [0.25, 0.3) is 0 Å². The van der Waals surface area contributed by atoms with Gasteiger partial charge >= 0.3 is 0 Å². The number of aliphatic imine (C=N–C) groups is 1. The lowest BCUT2D eigenvalue weighted by Crippen LogP contribution is -2.41. The van der Waals surface area contributed by atoms with Crippen molar-refractivity contribution in [1.29, 1.82) is 0 Å². The van der Waals surface area contributed by atoms with E-state index in [9.17, 15) is 4.39 Å². The van der Waals surface area contributed by atoms with Crippen molar-refractivity contribution in [3.63, 3.8) is 0 Å². The standard InChI is InChI=1S/C20H26FN5O/c1-15-14-26(9-10-27-15)19-11-17(7-8-23-19)13-25-20(22-2)24-12-16-3-5-18(21)6-4-16/h3-8,11,15H,9-10,12-14H2,1-2H3,(H2,22,24,25). The van der Waals surface area contributed by atoms with Crippen LogP contribution in [0.1, 0.15) is 18.1 Å². The molecule has 0 bridgehead atoms. The summed E-state index contributed by atoms with van der Waals surface area (Å²) < 4.78 is 18.6. The summed E-state index contributed by atoms with van der Waals surface area (Å²) in [5.74, 6) is 1.43. The maximum atomic E-state index is 13.0. The molecule has 0 amide bonds. The van der Waals surface area contributed by atoms with Crippen molar-refractivity contribution in [3.05, 3.63) is 59.5 Å². The molecule has 0 aliphatic carbocycles. The van der Waals surface area contributed by atoms with Crippen LogP contribution in [-0.2, 0) is 17.8 Å². The monoisotopic (exact) mass is 371 g/mol. The second kappa shape index (κ2) is 9.32. The van der Waals surface area contributed by atoms with Gasteiger partial charge in [0.05, 0.1) is 12.7 Å². The van der Waals surface area contributed by atoms with E-state index in [1.54, 1.807) is 19.2 Å². The first-order valence-corrected chi connectivity index (χ1v) is 9.14. The number of nitrogens with zero attached hydrogens (tertiary/aromatic N) is 3. The molecule has 0 spiro atoms. The van der Waals surface area contributed by atoms with Gasteiger partial charge in [0.1, 0.15) is 11.6 Å². The highest BCUT2D eigenvalue weighted by Gasteiger charge is 2.18. The van der Waals surface area contributed by atoms with Crippen molar-refractivity contribution in [2.45, 2.75) is 26.1 Å². The Labute approximate surface area is 159 Å². The van der Waals surface area contributed by atoms with Crippen LogP contribution in [0.2, 0.25) is 0 Å². The predicted octanol–water partition coefficient (Wildman–Crippen LogP) is 2.31. The summed E-state index contributed by atoms with van der Waals surface area (Å²) in [5, 5.41) is 6.53. The molecule has 6 nitrogen and oxygen atoms in total. The average Bonchev–Trinajstić information content (AvgIpc) is 2.70. The van der Waals surface area contributed by atoms with Crippen molar-refractivity contribution in [3.8, 4) is 0 Å². The van der Waals surface area contributed by atoms with Gasteiger partial charge in [-0.05, 0) is 42.3 Å². The molecule has 2 N–H and O–H groups in total. The fourth-order valence-corrected chi connectivity index (χ4v) is 2.96. The highest BCUT2D eigenvalue weighted by molar-refractivity contribution is 5.79. The molecule has 1 fully saturated rings. The number of halogens is 1. The molecule has 1 saturated heterocycles. The minimum absolute atomic E-state index is 0.219. The largest absolute Gasteiger partial charge is 0.375 e. The number of nitrogens with one attached hydrogen (secondary N) is 2. The van der Waals surface area contributed by atoms with E-state index >= 15 is 0 Å². The number of rotatable bonds is 5. The summed E-state index contributed by atoms with van der Waals surface area (Å²) in [6, 6.07) is 10.5. The lowest BCUT2D eigenvalue weighted by atomic mass is 10.2. The molecule has 2 heterocycles. The van der Waals surface area contributed by atoms with Crippen LogP contribution in [0.5, 0.6) is 0 Å². The van der Waals surface area contributed by atoms with E-state index in [-0.39, 0.29) is 11.9 Å². The molecule has 144 valence electrons. The minimum atomic E-state index is -0.232. The van der Waals surface area contributed by atoms with Gasteiger partial charge in [-0.25, -0.2) is 9.37 Å². The van der Waals surface area contributed by atoms with Crippen LogP contribution < -0.4 is 15.5 Å². The van der Waals surface area contributed by atoms with Crippen molar-refractivity contribution in [2.75, 3.05) is 31.6 Å². The van der Waals surface area contributed by atoms with E-state index in [0.717, 1.165) is 36.6 Å². The van der Waals surface area contributed by atoms with Crippen LogP contribution in [0.4, 0.5) is 10.2 Å². The molecule has 3 rings (SSSR count). The Kier molecular flexibility index (Phi) is 6.59. The van der Waals surface area contributed by atoms with Gasteiger partial charge in [-0.15, -0.1) is 0 Å². The van der Waals surface area contributed by atoms with Gasteiger partial charge < -0.3 is 20.3 Å². The first kappa shape index (κ1) is 19.1. The van der Waals surface area contributed by atoms with E-state index in [0.29, 0.717) is 19.0 Å². The van der Waals surface area contributed by atoms with Crippen LogP contribution in [0.3, 0.4) is 0 Å². The van der Waals surface area contributed by atoms with E-state index < -0.39 is 0 Å². The summed E-state index contributed by atoms with van der Waals surface area (Å²) in [6.07, 6.45) is 2.05. The number of morpholine rings is 1. The quantitative estimate of drug-likeness (QED) is 0.624. The van der Waals surface area contributed by atoms with E-state index in [4.69, 9.17) is 4.74 Å². The zero-order valence-electron chi connectivity index (χ0n) is 15.8. The SMILES string of the molecule is CN=C(NCc1ccc(F)cc1)NCc1ccnc(N2CCOC(C)C2)c1. The molecular weight excluding hydrogens is 345 g/mol. The van der Waals surface area contributed by atoms with Crippen LogP contribution in [0, 0.1) is 5.82 Å². The fourth-order valence-electron chi connectivity index (χ4n) is 2.96.